The number of carbonyl (C=O) groups excluding carboxylic acids is 2. The molecule has 0 saturated carbocycles. The van der Waals surface area contributed by atoms with Gasteiger partial charge in [0.15, 0.2) is 0 Å². The van der Waals surface area contributed by atoms with Crippen LogP contribution in [0, 0.1) is 11.8 Å². The summed E-state index contributed by atoms with van der Waals surface area (Å²) in [6.45, 7) is 5.53. The number of likely N-dealkylation sites (N-methyl/N-ethyl adjacent to an activating group) is 1. The van der Waals surface area contributed by atoms with Gasteiger partial charge in [-0.05, 0) is 56.5 Å². The standard InChI is InChI=1S/C29H33FN4O2/c1-3-31-25-17-20(30)16-24-26(25)33-28(36)29(24,2)34-15-14-22(19-10-6-4-7-11-19)23(18-34)27(35)32-21-12-8-5-9-13-21/h4-13,17,22-24,31H,3,14-16,18H2,1-2H3,(H,32,35)(H,33,36)/t22-,23-,24?,29+/m0/s1. The molecule has 1 unspecified atom stereocenters. The van der Waals surface area contributed by atoms with E-state index in [4.69, 9.17) is 0 Å². The van der Waals surface area contributed by atoms with Gasteiger partial charge >= 0.3 is 0 Å². The molecule has 2 saturated heterocycles. The molecule has 1 aliphatic carbocycles. The third kappa shape index (κ3) is 4.32. The van der Waals surface area contributed by atoms with Gasteiger partial charge in [0.05, 0.1) is 11.6 Å². The monoisotopic (exact) mass is 488 g/mol. The topological polar surface area (TPSA) is 73.5 Å². The number of hydrogen-bond donors (Lipinski definition) is 3. The van der Waals surface area contributed by atoms with Crippen molar-refractivity contribution in [3.8, 4) is 0 Å². The molecule has 0 bridgehead atoms. The Balaban J connectivity index is 1.46. The van der Waals surface area contributed by atoms with Gasteiger partial charge in [-0.15, -0.1) is 0 Å². The molecule has 6 nitrogen and oxygen atoms in total. The number of halogens is 1. The molecule has 2 aliphatic heterocycles. The SMILES string of the molecule is CCNC1=C2NC(=O)[C@](C)(N3CC[C@@H](c4ccccc4)[C@@H](C(=O)Nc4ccccc4)C3)C2CC(F)=C1. The minimum absolute atomic E-state index is 0.0227. The van der Waals surface area contributed by atoms with Crippen molar-refractivity contribution in [2.24, 2.45) is 11.8 Å². The molecular formula is C29H33FN4O2. The summed E-state index contributed by atoms with van der Waals surface area (Å²) in [6, 6.07) is 19.5. The van der Waals surface area contributed by atoms with E-state index >= 15 is 0 Å². The van der Waals surface area contributed by atoms with Gasteiger partial charge in [-0.3, -0.25) is 14.5 Å². The van der Waals surface area contributed by atoms with Gasteiger partial charge in [-0.2, -0.15) is 0 Å². The highest BCUT2D eigenvalue weighted by molar-refractivity contribution is 5.94. The summed E-state index contributed by atoms with van der Waals surface area (Å²) >= 11 is 0. The van der Waals surface area contributed by atoms with E-state index in [9.17, 15) is 14.0 Å². The second-order valence-electron chi connectivity index (χ2n) is 10.0. The molecule has 0 aromatic heterocycles. The number of carbonyl (C=O) groups is 2. The molecule has 188 valence electrons. The quantitative estimate of drug-likeness (QED) is 0.567. The normalized spacial score (nSPS) is 28.2. The number of para-hydroxylation sites is 1. The maximum atomic E-state index is 14.7. The van der Waals surface area contributed by atoms with E-state index in [2.05, 4.69) is 33.0 Å². The van der Waals surface area contributed by atoms with Crippen LogP contribution in [0.5, 0.6) is 0 Å². The van der Waals surface area contributed by atoms with Gasteiger partial charge < -0.3 is 16.0 Å². The summed E-state index contributed by atoms with van der Waals surface area (Å²) < 4.78 is 14.7. The smallest absolute Gasteiger partial charge is 0.245 e. The largest absolute Gasteiger partial charge is 0.384 e. The van der Waals surface area contributed by atoms with Gasteiger partial charge in [-0.1, -0.05) is 48.5 Å². The van der Waals surface area contributed by atoms with E-state index < -0.39 is 5.54 Å². The molecule has 36 heavy (non-hydrogen) atoms. The Morgan fingerprint density at radius 3 is 2.53 bits per heavy atom. The minimum atomic E-state index is -0.950. The van der Waals surface area contributed by atoms with E-state index in [1.807, 2.05) is 62.4 Å². The Morgan fingerprint density at radius 2 is 1.83 bits per heavy atom. The maximum absolute atomic E-state index is 14.7. The van der Waals surface area contributed by atoms with Crippen molar-refractivity contribution in [1.29, 1.82) is 0 Å². The first-order valence-electron chi connectivity index (χ1n) is 12.7. The molecule has 7 heteroatoms. The van der Waals surface area contributed by atoms with Crippen molar-refractivity contribution in [2.75, 3.05) is 25.0 Å². The maximum Gasteiger partial charge on any atom is 0.245 e. The average Bonchev–Trinajstić information content (AvgIpc) is 3.16. The lowest BCUT2D eigenvalue weighted by Gasteiger charge is -2.47. The molecule has 2 fully saturated rings. The van der Waals surface area contributed by atoms with Crippen LogP contribution >= 0.6 is 0 Å². The predicted molar refractivity (Wildman–Crippen MR) is 138 cm³/mol. The molecule has 5 rings (SSSR count). The molecule has 0 radical (unpaired) electrons. The number of fused-ring (bicyclic) bond motifs is 1. The Bertz CT molecular complexity index is 1200. The number of rotatable bonds is 6. The molecular weight excluding hydrogens is 455 g/mol. The fourth-order valence-electron chi connectivity index (χ4n) is 6.02. The van der Waals surface area contributed by atoms with Crippen LogP contribution in [0.1, 0.15) is 38.2 Å². The van der Waals surface area contributed by atoms with Gasteiger partial charge in [0.1, 0.15) is 11.4 Å². The van der Waals surface area contributed by atoms with E-state index in [1.165, 1.54) is 6.08 Å². The highest BCUT2D eigenvalue weighted by Gasteiger charge is 2.56. The van der Waals surface area contributed by atoms with Crippen molar-refractivity contribution >= 4 is 17.5 Å². The molecule has 0 spiro atoms. The van der Waals surface area contributed by atoms with Gasteiger partial charge in [-0.25, -0.2) is 4.39 Å². The van der Waals surface area contributed by atoms with Crippen LogP contribution in [-0.4, -0.2) is 41.9 Å². The summed E-state index contributed by atoms with van der Waals surface area (Å²) in [5.74, 6) is -1.12. The number of nitrogens with zero attached hydrogens (tertiary/aromatic N) is 1. The third-order valence-electron chi connectivity index (χ3n) is 7.97. The van der Waals surface area contributed by atoms with Crippen LogP contribution in [0.4, 0.5) is 10.1 Å². The van der Waals surface area contributed by atoms with Crippen LogP contribution < -0.4 is 16.0 Å². The highest BCUT2D eigenvalue weighted by Crippen LogP contribution is 2.46. The van der Waals surface area contributed by atoms with Crippen molar-refractivity contribution in [3.05, 3.63) is 89.5 Å². The van der Waals surface area contributed by atoms with Crippen LogP contribution in [-0.2, 0) is 9.59 Å². The van der Waals surface area contributed by atoms with Gasteiger partial charge in [0.25, 0.3) is 0 Å². The van der Waals surface area contributed by atoms with E-state index in [0.717, 1.165) is 23.4 Å². The average molecular weight is 489 g/mol. The predicted octanol–water partition coefficient (Wildman–Crippen LogP) is 4.31. The van der Waals surface area contributed by atoms with E-state index in [0.29, 0.717) is 25.3 Å². The Labute approximate surface area is 211 Å². The fraction of sp³-hybridized carbons (Fsp3) is 0.379. The molecule has 3 aliphatic rings. The van der Waals surface area contributed by atoms with Crippen molar-refractivity contribution in [1.82, 2.24) is 15.5 Å². The van der Waals surface area contributed by atoms with Crippen LogP contribution in [0.2, 0.25) is 0 Å². The first kappa shape index (κ1) is 24.3. The minimum Gasteiger partial charge on any atom is -0.384 e. The van der Waals surface area contributed by atoms with Crippen molar-refractivity contribution in [2.45, 2.75) is 38.1 Å². The molecule has 3 N–H and O–H groups in total. The lowest BCUT2D eigenvalue weighted by atomic mass is 9.74. The Morgan fingerprint density at radius 1 is 1.14 bits per heavy atom. The molecule has 2 aromatic rings. The summed E-state index contributed by atoms with van der Waals surface area (Å²) in [4.78, 5) is 29.2. The molecule has 2 amide bonds. The Hall–Kier alpha value is -3.45. The Kier molecular flexibility index (Phi) is 6.67. The third-order valence-corrected chi connectivity index (χ3v) is 7.97. The number of anilines is 1. The first-order valence-corrected chi connectivity index (χ1v) is 12.7. The summed E-state index contributed by atoms with van der Waals surface area (Å²) in [5, 5.41) is 9.33. The number of nitrogens with one attached hydrogen (secondary N) is 3. The zero-order chi connectivity index (χ0) is 25.3. The molecule has 2 aromatic carbocycles. The zero-order valence-corrected chi connectivity index (χ0v) is 20.8. The van der Waals surface area contributed by atoms with E-state index in [-0.39, 0.29) is 41.8 Å². The summed E-state index contributed by atoms with van der Waals surface area (Å²) in [6.07, 6.45) is 2.38. The van der Waals surface area contributed by atoms with Crippen LogP contribution in [0.3, 0.4) is 0 Å². The zero-order valence-electron chi connectivity index (χ0n) is 20.8. The molecule has 2 heterocycles. The number of likely N-dealkylation sites (tertiary alicyclic amines) is 1. The number of hydrogen-bond acceptors (Lipinski definition) is 4. The number of benzene rings is 2. The summed E-state index contributed by atoms with van der Waals surface area (Å²) in [5.41, 5.74) is 2.31. The first-order chi connectivity index (χ1) is 17.4. The van der Waals surface area contributed by atoms with E-state index in [1.54, 1.807) is 0 Å². The fourth-order valence-corrected chi connectivity index (χ4v) is 6.02. The molecule has 4 atom stereocenters. The number of piperidine rings is 1. The number of amides is 2. The second-order valence-corrected chi connectivity index (χ2v) is 10.0. The highest BCUT2D eigenvalue weighted by atomic mass is 19.1. The van der Waals surface area contributed by atoms with Crippen LogP contribution in [0.25, 0.3) is 0 Å². The lowest BCUT2D eigenvalue weighted by Crippen LogP contribution is -2.60. The van der Waals surface area contributed by atoms with Crippen LogP contribution in [0.15, 0.2) is 84.0 Å². The van der Waals surface area contributed by atoms with Gasteiger partial charge in [0, 0.05) is 36.8 Å². The lowest BCUT2D eigenvalue weighted by molar-refractivity contribution is -0.135. The van der Waals surface area contributed by atoms with Crippen molar-refractivity contribution in [3.63, 3.8) is 0 Å². The second kappa shape index (κ2) is 9.90. The summed E-state index contributed by atoms with van der Waals surface area (Å²) in [7, 11) is 0. The number of allylic oxidation sites excluding steroid dienone is 2. The van der Waals surface area contributed by atoms with Crippen molar-refractivity contribution < 1.29 is 14.0 Å². The van der Waals surface area contributed by atoms with Gasteiger partial charge in [0.2, 0.25) is 11.8 Å².